The van der Waals surface area contributed by atoms with Gasteiger partial charge in [0.15, 0.2) is 5.70 Å². The van der Waals surface area contributed by atoms with Gasteiger partial charge in [0, 0.05) is 12.0 Å². The van der Waals surface area contributed by atoms with Crippen molar-refractivity contribution in [2.75, 3.05) is 0 Å². The fourth-order valence-electron chi connectivity index (χ4n) is 1.43. The van der Waals surface area contributed by atoms with E-state index in [1.807, 2.05) is 6.07 Å². The quantitative estimate of drug-likeness (QED) is 0.221. The van der Waals surface area contributed by atoms with E-state index in [0.29, 0.717) is 5.75 Å². The van der Waals surface area contributed by atoms with Crippen LogP contribution in [-0.2, 0) is 4.79 Å². The maximum Gasteiger partial charge on any atom is 0.357 e. The van der Waals surface area contributed by atoms with Gasteiger partial charge in [-0.3, -0.25) is 5.43 Å². The van der Waals surface area contributed by atoms with Crippen LogP contribution in [0.4, 0.5) is 0 Å². The van der Waals surface area contributed by atoms with Crippen molar-refractivity contribution < 1.29 is 14.6 Å². The van der Waals surface area contributed by atoms with Crippen LogP contribution >= 0.6 is 0 Å². The Balaban J connectivity index is 2.93. The van der Waals surface area contributed by atoms with Crippen LogP contribution < -0.4 is 21.7 Å². The Morgan fingerprint density at radius 1 is 1.41 bits per heavy atom. The first-order chi connectivity index (χ1) is 10.2. The molecule has 0 spiro atoms. The fraction of sp³-hybridized carbons (Fsp3) is 0.312. The lowest BCUT2D eigenvalue weighted by Gasteiger charge is -2.12. The number of carboxylic acids is 1. The second-order valence-corrected chi connectivity index (χ2v) is 5.86. The summed E-state index contributed by atoms with van der Waals surface area (Å²) >= 11 is 0. The van der Waals surface area contributed by atoms with Crippen LogP contribution in [-0.4, -0.2) is 11.1 Å². The molecule has 6 heteroatoms. The number of carboxylic acid groups (broad SMARTS) is 1. The zero-order chi connectivity index (χ0) is 16.8. The summed E-state index contributed by atoms with van der Waals surface area (Å²) in [4.78, 5) is 10.8. The van der Waals surface area contributed by atoms with Crippen molar-refractivity contribution >= 4 is 5.97 Å². The van der Waals surface area contributed by atoms with Gasteiger partial charge in [-0.15, -0.1) is 0 Å². The number of hydrogen-bond acceptors (Lipinski definition) is 5. The molecule has 1 rings (SSSR count). The van der Waals surface area contributed by atoms with Gasteiger partial charge < -0.3 is 15.6 Å². The summed E-state index contributed by atoms with van der Waals surface area (Å²) in [5.41, 5.74) is 7.88. The number of nitrogens with two attached hydrogens (primary N) is 2. The second kappa shape index (κ2) is 7.38. The molecule has 0 saturated carbocycles. The Labute approximate surface area is 130 Å². The molecule has 0 radical (unpaired) electrons. The number of ether oxygens (including phenoxy) is 1. The summed E-state index contributed by atoms with van der Waals surface area (Å²) in [5, 5.41) is 8.83. The zero-order valence-corrected chi connectivity index (χ0v) is 12.9. The molecule has 0 amide bonds. The van der Waals surface area contributed by atoms with E-state index in [-0.39, 0.29) is 11.3 Å². The van der Waals surface area contributed by atoms with Crippen LogP contribution in [0.2, 0.25) is 0 Å². The summed E-state index contributed by atoms with van der Waals surface area (Å²) < 4.78 is 5.34. The van der Waals surface area contributed by atoms with Gasteiger partial charge in [0.25, 0.3) is 0 Å². The summed E-state index contributed by atoms with van der Waals surface area (Å²) in [5.74, 6) is 10.2. The lowest BCUT2D eigenvalue weighted by atomic mass is 9.93. The van der Waals surface area contributed by atoms with Crippen LogP contribution in [0.5, 0.6) is 5.75 Å². The average molecular weight is 303 g/mol. The SMILES string of the molecule is CC(C)(C)CC#Cc1cccc(O/C(NN)=C(/N)C(=O)O)c1. The molecule has 0 aromatic heterocycles. The second-order valence-electron chi connectivity index (χ2n) is 5.86. The predicted molar refractivity (Wildman–Crippen MR) is 84.2 cm³/mol. The van der Waals surface area contributed by atoms with Crippen molar-refractivity contribution in [3.63, 3.8) is 0 Å². The van der Waals surface area contributed by atoms with Crippen LogP contribution in [0.15, 0.2) is 35.8 Å². The molecule has 0 atom stereocenters. The standard InChI is InChI=1S/C16H21N3O3/c1-16(2,3)9-5-7-11-6-4-8-12(10-11)22-14(19-18)13(17)15(20)21/h4,6,8,10,19H,9,17-18H2,1-3H3,(H,20,21)/b14-13+. The number of hydrazine groups is 1. The highest BCUT2D eigenvalue weighted by molar-refractivity contribution is 5.85. The number of carbonyl (C=O) groups is 1. The molecule has 0 bridgehead atoms. The normalized spacial score (nSPS) is 11.8. The summed E-state index contributed by atoms with van der Waals surface area (Å²) in [7, 11) is 0. The van der Waals surface area contributed by atoms with Gasteiger partial charge >= 0.3 is 5.97 Å². The average Bonchev–Trinajstić information content (AvgIpc) is 2.43. The molecule has 6 nitrogen and oxygen atoms in total. The molecule has 0 saturated heterocycles. The molecule has 0 aliphatic carbocycles. The molecule has 0 fully saturated rings. The maximum absolute atomic E-state index is 10.8. The third-order valence-electron chi connectivity index (χ3n) is 2.51. The summed E-state index contributed by atoms with van der Waals surface area (Å²) in [6.45, 7) is 6.33. The van der Waals surface area contributed by atoms with E-state index in [1.54, 1.807) is 18.2 Å². The van der Waals surface area contributed by atoms with E-state index in [9.17, 15) is 4.79 Å². The first kappa shape index (κ1) is 17.4. The van der Waals surface area contributed by atoms with Crippen molar-refractivity contribution in [1.82, 2.24) is 5.43 Å². The largest absolute Gasteiger partial charge is 0.476 e. The van der Waals surface area contributed by atoms with E-state index < -0.39 is 11.7 Å². The molecule has 6 N–H and O–H groups in total. The van der Waals surface area contributed by atoms with Gasteiger partial charge in [-0.2, -0.15) is 0 Å². The van der Waals surface area contributed by atoms with Gasteiger partial charge in [0.05, 0.1) is 0 Å². The molecule has 118 valence electrons. The van der Waals surface area contributed by atoms with Crippen LogP contribution in [0.1, 0.15) is 32.8 Å². The van der Waals surface area contributed by atoms with Crippen molar-refractivity contribution in [1.29, 1.82) is 0 Å². The maximum atomic E-state index is 10.8. The molecule has 22 heavy (non-hydrogen) atoms. The number of hydrogen-bond donors (Lipinski definition) is 4. The van der Waals surface area contributed by atoms with Gasteiger partial charge in [-0.1, -0.05) is 38.7 Å². The van der Waals surface area contributed by atoms with Crippen molar-refractivity contribution in [2.24, 2.45) is 17.0 Å². The summed E-state index contributed by atoms with van der Waals surface area (Å²) in [6.07, 6.45) is 0.763. The Morgan fingerprint density at radius 3 is 2.64 bits per heavy atom. The highest BCUT2D eigenvalue weighted by Gasteiger charge is 2.12. The van der Waals surface area contributed by atoms with Crippen LogP contribution in [0.3, 0.4) is 0 Å². The first-order valence-electron chi connectivity index (χ1n) is 6.69. The topological polar surface area (TPSA) is 111 Å². The third kappa shape index (κ3) is 5.77. The van der Waals surface area contributed by atoms with Crippen LogP contribution in [0.25, 0.3) is 0 Å². The minimum atomic E-state index is -1.32. The van der Waals surface area contributed by atoms with Crippen molar-refractivity contribution in [2.45, 2.75) is 27.2 Å². The predicted octanol–water partition coefficient (Wildman–Crippen LogP) is 1.53. The number of rotatable bonds is 4. The molecule has 0 unspecified atom stereocenters. The fourth-order valence-corrected chi connectivity index (χ4v) is 1.43. The number of aliphatic carboxylic acids is 1. The first-order valence-corrected chi connectivity index (χ1v) is 6.69. The highest BCUT2D eigenvalue weighted by atomic mass is 16.5. The third-order valence-corrected chi connectivity index (χ3v) is 2.51. The van der Waals surface area contributed by atoms with Crippen LogP contribution in [0, 0.1) is 17.3 Å². The zero-order valence-electron chi connectivity index (χ0n) is 12.9. The van der Waals surface area contributed by atoms with E-state index in [4.69, 9.17) is 21.4 Å². The summed E-state index contributed by atoms with van der Waals surface area (Å²) in [6, 6.07) is 6.92. The Bertz CT molecular complexity index is 634. The molecule has 0 aliphatic heterocycles. The highest BCUT2D eigenvalue weighted by Crippen LogP contribution is 2.18. The minimum absolute atomic E-state index is 0.135. The van der Waals surface area contributed by atoms with Crippen molar-refractivity contribution in [3.8, 4) is 17.6 Å². The number of nitrogens with one attached hydrogen (secondary N) is 1. The lowest BCUT2D eigenvalue weighted by Crippen LogP contribution is -2.31. The smallest absolute Gasteiger partial charge is 0.357 e. The minimum Gasteiger partial charge on any atom is -0.476 e. The number of benzene rings is 1. The van der Waals surface area contributed by atoms with Gasteiger partial charge in [0.2, 0.25) is 5.88 Å². The molecule has 1 aromatic carbocycles. The molecular formula is C16H21N3O3. The van der Waals surface area contributed by atoms with Crippen molar-refractivity contribution in [3.05, 3.63) is 41.4 Å². The van der Waals surface area contributed by atoms with E-state index >= 15 is 0 Å². The Kier molecular flexibility index (Phi) is 5.84. The van der Waals surface area contributed by atoms with E-state index in [1.165, 1.54) is 0 Å². The Hall–Kier alpha value is -2.65. The lowest BCUT2D eigenvalue weighted by molar-refractivity contribution is -0.132. The molecular weight excluding hydrogens is 282 g/mol. The Morgan fingerprint density at radius 2 is 2.09 bits per heavy atom. The molecule has 0 heterocycles. The molecule has 1 aromatic rings. The monoisotopic (exact) mass is 303 g/mol. The van der Waals surface area contributed by atoms with E-state index in [0.717, 1.165) is 12.0 Å². The molecule has 0 aliphatic rings. The van der Waals surface area contributed by atoms with E-state index in [2.05, 4.69) is 38.0 Å². The van der Waals surface area contributed by atoms with Gasteiger partial charge in [-0.05, 0) is 23.6 Å². The van der Waals surface area contributed by atoms with Gasteiger partial charge in [-0.25, -0.2) is 10.6 Å². The van der Waals surface area contributed by atoms with Gasteiger partial charge in [0.1, 0.15) is 5.75 Å².